The summed E-state index contributed by atoms with van der Waals surface area (Å²) in [5, 5.41) is 11.9. The summed E-state index contributed by atoms with van der Waals surface area (Å²) >= 11 is 0. The fourth-order valence-electron chi connectivity index (χ4n) is 4.74. The van der Waals surface area contributed by atoms with Crippen LogP contribution in [0.25, 0.3) is 28.4 Å². The Balaban J connectivity index is 1.73. The average Bonchev–Trinajstić information content (AvgIpc) is 3.16. The van der Waals surface area contributed by atoms with Gasteiger partial charge in [0.15, 0.2) is 5.60 Å². The molecule has 4 heterocycles. The molecule has 5 rings (SSSR count). The first kappa shape index (κ1) is 21.1. The van der Waals surface area contributed by atoms with Gasteiger partial charge < -0.3 is 20.1 Å². The van der Waals surface area contributed by atoms with E-state index in [0.29, 0.717) is 29.1 Å². The number of pyridine rings is 2. The predicted octanol–water partition coefficient (Wildman–Crippen LogP) is 2.14. The van der Waals surface area contributed by atoms with Crippen LogP contribution in [0.1, 0.15) is 48.1 Å². The molecule has 0 fully saturated rings. The van der Waals surface area contributed by atoms with Gasteiger partial charge in [-0.25, -0.2) is 9.78 Å². The van der Waals surface area contributed by atoms with E-state index >= 15 is 0 Å². The zero-order valence-electron chi connectivity index (χ0n) is 18.3. The van der Waals surface area contributed by atoms with Crippen LogP contribution < -0.4 is 11.3 Å². The van der Waals surface area contributed by atoms with E-state index in [1.165, 1.54) is 6.08 Å². The van der Waals surface area contributed by atoms with E-state index in [0.717, 1.165) is 34.0 Å². The first-order chi connectivity index (χ1) is 15.8. The number of hydrogen-bond acceptors (Lipinski definition) is 6. The molecule has 0 unspecified atom stereocenters. The van der Waals surface area contributed by atoms with Crippen LogP contribution in [0.3, 0.4) is 0 Å². The van der Waals surface area contributed by atoms with Gasteiger partial charge >= 0.3 is 5.97 Å². The minimum Gasteiger partial charge on any atom is -0.458 e. The Morgan fingerprint density at radius 3 is 2.76 bits per heavy atom. The van der Waals surface area contributed by atoms with Crippen molar-refractivity contribution in [3.05, 3.63) is 68.5 Å². The van der Waals surface area contributed by atoms with Crippen LogP contribution in [0, 0.1) is 0 Å². The van der Waals surface area contributed by atoms with Gasteiger partial charge in [0.25, 0.3) is 5.56 Å². The van der Waals surface area contributed by atoms with Gasteiger partial charge in [0.1, 0.15) is 6.61 Å². The van der Waals surface area contributed by atoms with Crippen molar-refractivity contribution in [2.75, 3.05) is 0 Å². The number of cyclic esters (lactones) is 1. The highest BCUT2D eigenvalue weighted by Gasteiger charge is 2.45. The maximum Gasteiger partial charge on any atom is 0.343 e. The zero-order chi connectivity index (χ0) is 23.5. The van der Waals surface area contributed by atoms with E-state index < -0.39 is 17.5 Å². The number of amides is 1. The lowest BCUT2D eigenvalue weighted by Crippen LogP contribution is -2.44. The maximum absolute atomic E-state index is 13.3. The molecule has 0 bridgehead atoms. The Kier molecular flexibility index (Phi) is 4.72. The number of primary amides is 1. The van der Waals surface area contributed by atoms with Crippen LogP contribution in [0.15, 0.2) is 35.1 Å². The quantitative estimate of drug-likeness (QED) is 0.366. The summed E-state index contributed by atoms with van der Waals surface area (Å²) < 4.78 is 6.73. The average molecular weight is 445 g/mol. The first-order valence-corrected chi connectivity index (χ1v) is 10.9. The van der Waals surface area contributed by atoms with Gasteiger partial charge in [-0.2, -0.15) is 0 Å². The molecule has 2 aliphatic heterocycles. The molecule has 33 heavy (non-hydrogen) atoms. The Labute approximate surface area is 189 Å². The summed E-state index contributed by atoms with van der Waals surface area (Å²) in [6.07, 6.45) is 3.81. The van der Waals surface area contributed by atoms with Gasteiger partial charge in [0.05, 0.1) is 29.0 Å². The number of esters is 1. The number of nitrogens with zero attached hydrogens (tertiary/aromatic N) is 2. The standard InChI is InChI=1S/C25H23N3O5/c1-3-14-7-13(5-6-20(26)29)8-15-9-16-11-28-19(22(16)27-21(14)15)10-18-17(23(28)30)12-33-24(31)25(18,32)4-2/h5-10,32H,3-4,11-12H2,1-2H3,(H2,26,29)/b6-5+/t25-/m0/s1. The maximum atomic E-state index is 13.3. The number of ether oxygens (including phenoxy) is 1. The third-order valence-electron chi connectivity index (χ3n) is 6.53. The lowest BCUT2D eigenvalue weighted by molar-refractivity contribution is -0.172. The number of aromatic nitrogens is 2. The second kappa shape index (κ2) is 7.38. The first-order valence-electron chi connectivity index (χ1n) is 10.9. The summed E-state index contributed by atoms with van der Waals surface area (Å²) in [5.74, 6) is -1.26. The van der Waals surface area contributed by atoms with Crippen molar-refractivity contribution in [2.24, 2.45) is 5.73 Å². The third kappa shape index (κ3) is 3.09. The molecule has 0 saturated carbocycles. The SMILES string of the molecule is CCc1cc(/C=C/C(N)=O)cc2cc3c(nc12)-c1cc2c(c(=O)n1C3)COC(=O)[C@]2(O)CC. The van der Waals surface area contributed by atoms with Crippen LogP contribution >= 0.6 is 0 Å². The van der Waals surface area contributed by atoms with E-state index in [2.05, 4.69) is 0 Å². The van der Waals surface area contributed by atoms with E-state index in [-0.39, 0.29) is 18.6 Å². The molecule has 0 saturated heterocycles. The lowest BCUT2D eigenvalue weighted by Gasteiger charge is -2.31. The molecule has 0 spiro atoms. The summed E-state index contributed by atoms with van der Waals surface area (Å²) in [4.78, 5) is 41.7. The number of nitrogens with two attached hydrogens (primary N) is 1. The van der Waals surface area contributed by atoms with Crippen LogP contribution in [0.5, 0.6) is 0 Å². The zero-order valence-corrected chi connectivity index (χ0v) is 18.3. The van der Waals surface area contributed by atoms with Crippen LogP contribution in [-0.2, 0) is 39.5 Å². The van der Waals surface area contributed by atoms with Gasteiger partial charge in [-0.3, -0.25) is 9.59 Å². The molecule has 3 N–H and O–H groups in total. The Morgan fingerprint density at radius 2 is 2.06 bits per heavy atom. The van der Waals surface area contributed by atoms with Crippen molar-refractivity contribution in [1.82, 2.24) is 9.55 Å². The number of carbonyl (C=O) groups excluding carboxylic acids is 2. The molecular weight excluding hydrogens is 422 g/mol. The monoisotopic (exact) mass is 445 g/mol. The number of aryl methyl sites for hydroxylation is 1. The van der Waals surface area contributed by atoms with Gasteiger partial charge in [0, 0.05) is 22.6 Å². The number of hydrogen-bond donors (Lipinski definition) is 2. The summed E-state index contributed by atoms with van der Waals surface area (Å²) in [7, 11) is 0. The molecule has 2 aliphatic rings. The highest BCUT2D eigenvalue weighted by atomic mass is 16.6. The molecule has 3 aromatic rings. The fraction of sp³-hybridized carbons (Fsp3) is 0.280. The van der Waals surface area contributed by atoms with Crippen molar-refractivity contribution in [2.45, 2.75) is 45.4 Å². The summed E-state index contributed by atoms with van der Waals surface area (Å²) in [6, 6.07) is 7.60. The minimum atomic E-state index is -1.85. The Hall–Kier alpha value is -3.78. The smallest absolute Gasteiger partial charge is 0.343 e. The third-order valence-corrected chi connectivity index (χ3v) is 6.53. The van der Waals surface area contributed by atoms with Crippen molar-refractivity contribution in [1.29, 1.82) is 0 Å². The van der Waals surface area contributed by atoms with E-state index in [9.17, 15) is 19.5 Å². The summed E-state index contributed by atoms with van der Waals surface area (Å²) in [5.41, 5.74) is 8.44. The molecule has 168 valence electrons. The lowest BCUT2D eigenvalue weighted by atomic mass is 9.86. The highest BCUT2D eigenvalue weighted by Crippen LogP contribution is 2.39. The van der Waals surface area contributed by atoms with E-state index in [1.807, 2.05) is 25.1 Å². The van der Waals surface area contributed by atoms with Gasteiger partial charge in [-0.05, 0) is 54.3 Å². The minimum absolute atomic E-state index is 0.0985. The van der Waals surface area contributed by atoms with E-state index in [4.69, 9.17) is 15.5 Å². The van der Waals surface area contributed by atoms with Crippen LogP contribution in [-0.4, -0.2) is 26.5 Å². The van der Waals surface area contributed by atoms with Gasteiger partial charge in [-0.1, -0.05) is 13.8 Å². The fourth-order valence-corrected chi connectivity index (χ4v) is 4.74. The largest absolute Gasteiger partial charge is 0.458 e. The van der Waals surface area contributed by atoms with Gasteiger partial charge in [-0.15, -0.1) is 0 Å². The number of fused-ring (bicyclic) bond motifs is 5. The molecule has 1 amide bonds. The number of aliphatic hydroxyl groups is 1. The van der Waals surface area contributed by atoms with Crippen molar-refractivity contribution < 1.29 is 19.4 Å². The van der Waals surface area contributed by atoms with E-state index in [1.54, 1.807) is 23.6 Å². The van der Waals surface area contributed by atoms with Crippen LogP contribution in [0.4, 0.5) is 0 Å². The predicted molar refractivity (Wildman–Crippen MR) is 122 cm³/mol. The molecule has 0 radical (unpaired) electrons. The van der Waals surface area contributed by atoms with Crippen molar-refractivity contribution in [3.8, 4) is 11.4 Å². The number of rotatable bonds is 4. The highest BCUT2D eigenvalue weighted by molar-refractivity contribution is 5.93. The molecule has 8 nitrogen and oxygen atoms in total. The second-order valence-corrected chi connectivity index (χ2v) is 8.44. The Morgan fingerprint density at radius 1 is 1.27 bits per heavy atom. The molecule has 1 aromatic carbocycles. The van der Waals surface area contributed by atoms with Crippen molar-refractivity contribution >= 4 is 28.9 Å². The topological polar surface area (TPSA) is 125 Å². The van der Waals surface area contributed by atoms with Gasteiger partial charge in [0.2, 0.25) is 5.91 Å². The number of carbonyl (C=O) groups is 2. The molecule has 8 heteroatoms. The molecule has 2 aromatic heterocycles. The number of benzene rings is 1. The normalized spacial score (nSPS) is 18.8. The second-order valence-electron chi connectivity index (χ2n) is 8.44. The Bertz CT molecular complexity index is 1450. The molecule has 1 atom stereocenters. The van der Waals surface area contributed by atoms with Crippen LogP contribution in [0.2, 0.25) is 0 Å². The molecular formula is C25H23N3O5. The summed E-state index contributed by atoms with van der Waals surface area (Å²) in [6.45, 7) is 3.88. The van der Waals surface area contributed by atoms with Crippen molar-refractivity contribution in [3.63, 3.8) is 0 Å². The molecule has 0 aliphatic carbocycles.